The lowest BCUT2D eigenvalue weighted by atomic mass is 9.89. The van der Waals surface area contributed by atoms with E-state index >= 15 is 0 Å². The quantitative estimate of drug-likeness (QED) is 0.836. The summed E-state index contributed by atoms with van der Waals surface area (Å²) in [5, 5.41) is 10.8. The number of carboxylic acids is 1. The van der Waals surface area contributed by atoms with Gasteiger partial charge in [0, 0.05) is 16.6 Å². The number of aromatic nitrogens is 1. The number of rotatable bonds is 1. The molecule has 2 aromatic rings. The van der Waals surface area contributed by atoms with Gasteiger partial charge in [-0.2, -0.15) is 0 Å². The zero-order chi connectivity index (χ0) is 12.9. The fraction of sp³-hybridized carbons (Fsp3) is 0.400. The summed E-state index contributed by atoms with van der Waals surface area (Å²) in [5.41, 5.74) is 2.67. The van der Waals surface area contributed by atoms with Crippen LogP contribution >= 0.6 is 0 Å². The molecule has 3 rings (SSSR count). The van der Waals surface area contributed by atoms with Crippen LogP contribution in [-0.2, 0) is 16.8 Å². The molecule has 1 aliphatic heterocycles. The number of para-hydroxylation sites is 1. The first-order valence-electron chi connectivity index (χ1n) is 6.38. The normalized spacial score (nSPS) is 23.0. The lowest BCUT2D eigenvalue weighted by Gasteiger charge is -2.34. The number of benzene rings is 1. The number of hydrogen-bond donors (Lipinski definition) is 1. The molecule has 3 heteroatoms. The van der Waals surface area contributed by atoms with E-state index in [9.17, 15) is 9.90 Å². The lowest BCUT2D eigenvalue weighted by Crippen LogP contribution is -2.42. The maximum absolute atomic E-state index is 11.7. The summed E-state index contributed by atoms with van der Waals surface area (Å²) in [5.74, 6) is -0.732. The van der Waals surface area contributed by atoms with Gasteiger partial charge in [0.1, 0.15) is 5.54 Å². The topological polar surface area (TPSA) is 42.2 Å². The van der Waals surface area contributed by atoms with Crippen molar-refractivity contribution in [2.45, 2.75) is 38.6 Å². The van der Waals surface area contributed by atoms with E-state index in [2.05, 4.69) is 13.0 Å². The van der Waals surface area contributed by atoms with Crippen LogP contribution in [0.15, 0.2) is 24.3 Å². The van der Waals surface area contributed by atoms with Gasteiger partial charge in [-0.1, -0.05) is 18.2 Å². The van der Waals surface area contributed by atoms with Gasteiger partial charge in [0.25, 0.3) is 0 Å². The molecule has 0 saturated carbocycles. The molecule has 3 nitrogen and oxygen atoms in total. The van der Waals surface area contributed by atoms with Gasteiger partial charge in [-0.25, -0.2) is 4.79 Å². The summed E-state index contributed by atoms with van der Waals surface area (Å²) in [6.45, 7) is 3.94. The fourth-order valence-electron chi connectivity index (χ4n) is 3.23. The van der Waals surface area contributed by atoms with Crippen molar-refractivity contribution in [3.05, 3.63) is 35.5 Å². The zero-order valence-electron chi connectivity index (χ0n) is 10.7. The summed E-state index contributed by atoms with van der Waals surface area (Å²) in [6, 6.07) is 8.10. The highest BCUT2D eigenvalue weighted by atomic mass is 16.4. The van der Waals surface area contributed by atoms with E-state index in [-0.39, 0.29) is 0 Å². The molecule has 0 radical (unpaired) electrons. The predicted molar refractivity (Wildman–Crippen MR) is 70.9 cm³/mol. The summed E-state index contributed by atoms with van der Waals surface area (Å²) in [7, 11) is 0. The molecule has 0 saturated heterocycles. The number of fused-ring (bicyclic) bond motifs is 3. The van der Waals surface area contributed by atoms with Crippen LogP contribution in [0.5, 0.6) is 0 Å². The van der Waals surface area contributed by atoms with Crippen molar-refractivity contribution >= 4 is 16.9 Å². The van der Waals surface area contributed by atoms with Crippen LogP contribution in [0.1, 0.15) is 31.0 Å². The second-order valence-electron chi connectivity index (χ2n) is 5.36. The van der Waals surface area contributed by atoms with Crippen molar-refractivity contribution in [3.8, 4) is 0 Å². The maximum atomic E-state index is 11.7. The number of hydrogen-bond acceptors (Lipinski definition) is 1. The Balaban J connectivity index is 2.42. The maximum Gasteiger partial charge on any atom is 0.329 e. The first-order valence-corrected chi connectivity index (χ1v) is 6.38. The van der Waals surface area contributed by atoms with Gasteiger partial charge in [0.15, 0.2) is 0 Å². The average Bonchev–Trinajstić information content (AvgIpc) is 2.65. The highest BCUT2D eigenvalue weighted by Crippen LogP contribution is 2.38. The molecular formula is C15H17NO2. The number of nitrogens with zero attached hydrogens (tertiary/aromatic N) is 1. The van der Waals surface area contributed by atoms with Crippen molar-refractivity contribution in [1.29, 1.82) is 0 Å². The summed E-state index contributed by atoms with van der Waals surface area (Å²) < 4.78 is 2.05. The van der Waals surface area contributed by atoms with E-state index < -0.39 is 11.5 Å². The first-order chi connectivity index (χ1) is 8.55. The van der Waals surface area contributed by atoms with Crippen molar-refractivity contribution in [1.82, 2.24) is 4.57 Å². The van der Waals surface area contributed by atoms with Crippen LogP contribution in [0, 0.1) is 6.92 Å². The number of carbonyl (C=O) groups is 1. The Hall–Kier alpha value is -1.77. The molecule has 0 aliphatic carbocycles. The number of carboxylic acid groups (broad SMARTS) is 1. The van der Waals surface area contributed by atoms with E-state index in [1.165, 1.54) is 16.6 Å². The third kappa shape index (κ3) is 1.27. The van der Waals surface area contributed by atoms with Crippen molar-refractivity contribution in [3.63, 3.8) is 0 Å². The molecule has 2 heterocycles. The molecule has 1 atom stereocenters. The fourth-order valence-corrected chi connectivity index (χ4v) is 3.23. The summed E-state index contributed by atoms with van der Waals surface area (Å²) in [6.07, 6.45) is 2.62. The van der Waals surface area contributed by atoms with E-state index in [1.54, 1.807) is 0 Å². The largest absolute Gasteiger partial charge is 0.479 e. The molecule has 0 spiro atoms. The Morgan fingerprint density at radius 2 is 2.11 bits per heavy atom. The van der Waals surface area contributed by atoms with Gasteiger partial charge < -0.3 is 9.67 Å². The molecule has 94 valence electrons. The van der Waals surface area contributed by atoms with Crippen LogP contribution < -0.4 is 0 Å². The molecule has 1 unspecified atom stereocenters. The Morgan fingerprint density at radius 1 is 1.39 bits per heavy atom. The second kappa shape index (κ2) is 3.61. The number of aryl methyl sites for hydroxylation is 1. The molecule has 1 aromatic carbocycles. The van der Waals surface area contributed by atoms with Crippen LogP contribution in [0.3, 0.4) is 0 Å². The number of aliphatic carboxylic acids is 1. The molecule has 0 amide bonds. The van der Waals surface area contributed by atoms with E-state index in [4.69, 9.17) is 0 Å². The summed E-state index contributed by atoms with van der Waals surface area (Å²) >= 11 is 0. The molecule has 0 fully saturated rings. The summed E-state index contributed by atoms with van der Waals surface area (Å²) in [4.78, 5) is 11.7. The predicted octanol–water partition coefficient (Wildman–Crippen LogP) is 3.09. The minimum atomic E-state index is -0.804. The molecular weight excluding hydrogens is 226 g/mol. The van der Waals surface area contributed by atoms with E-state index in [1.807, 2.05) is 29.7 Å². The Kier molecular flexibility index (Phi) is 2.27. The highest BCUT2D eigenvalue weighted by molar-refractivity contribution is 5.89. The molecule has 18 heavy (non-hydrogen) atoms. The molecule has 1 aromatic heterocycles. The van der Waals surface area contributed by atoms with Crippen LogP contribution in [0.4, 0.5) is 0 Å². The minimum absolute atomic E-state index is 0.702. The van der Waals surface area contributed by atoms with E-state index in [0.717, 1.165) is 18.4 Å². The first kappa shape index (κ1) is 11.3. The van der Waals surface area contributed by atoms with Crippen molar-refractivity contribution in [2.75, 3.05) is 0 Å². The molecule has 1 N–H and O–H groups in total. The van der Waals surface area contributed by atoms with E-state index in [0.29, 0.717) is 6.42 Å². The minimum Gasteiger partial charge on any atom is -0.479 e. The van der Waals surface area contributed by atoms with Gasteiger partial charge in [-0.3, -0.25) is 0 Å². The SMILES string of the molecule is Cc1c2n(c3ccccc13)C(C)(C(=O)O)CCC2. The monoisotopic (exact) mass is 243 g/mol. The van der Waals surface area contributed by atoms with Gasteiger partial charge >= 0.3 is 5.97 Å². The van der Waals surface area contributed by atoms with Crippen LogP contribution in [0.2, 0.25) is 0 Å². The van der Waals surface area contributed by atoms with Crippen LogP contribution in [-0.4, -0.2) is 15.6 Å². The average molecular weight is 243 g/mol. The zero-order valence-corrected chi connectivity index (χ0v) is 10.7. The highest BCUT2D eigenvalue weighted by Gasteiger charge is 2.40. The Bertz CT molecular complexity index is 641. The van der Waals surface area contributed by atoms with Gasteiger partial charge in [-0.15, -0.1) is 0 Å². The molecule has 0 bridgehead atoms. The lowest BCUT2D eigenvalue weighted by molar-refractivity contribution is -0.147. The van der Waals surface area contributed by atoms with Crippen LogP contribution in [0.25, 0.3) is 10.9 Å². The standard InChI is InChI=1S/C15H17NO2/c1-10-11-6-3-4-7-13(11)16-12(10)8-5-9-15(16,2)14(17)18/h3-4,6-7H,5,8-9H2,1-2H3,(H,17,18). The smallest absolute Gasteiger partial charge is 0.329 e. The third-order valence-electron chi connectivity index (χ3n) is 4.28. The van der Waals surface area contributed by atoms with Gasteiger partial charge in [0.05, 0.1) is 0 Å². The van der Waals surface area contributed by atoms with Crippen molar-refractivity contribution in [2.24, 2.45) is 0 Å². The van der Waals surface area contributed by atoms with Gasteiger partial charge in [0.2, 0.25) is 0 Å². The second-order valence-corrected chi connectivity index (χ2v) is 5.36. The van der Waals surface area contributed by atoms with Gasteiger partial charge in [-0.05, 0) is 44.7 Å². The molecule has 1 aliphatic rings. The third-order valence-corrected chi connectivity index (χ3v) is 4.28. The van der Waals surface area contributed by atoms with Crippen molar-refractivity contribution < 1.29 is 9.90 Å². The Morgan fingerprint density at radius 3 is 2.83 bits per heavy atom. The Labute approximate surface area is 106 Å².